The maximum atomic E-state index is 6.14. The number of piperazine rings is 1. The monoisotopic (exact) mass is 421 g/mol. The molecule has 1 saturated heterocycles. The minimum Gasteiger partial charge on any atom is -0.384 e. The van der Waals surface area contributed by atoms with Gasteiger partial charge in [-0.05, 0) is 44.3 Å². The van der Waals surface area contributed by atoms with Gasteiger partial charge in [0.2, 0.25) is 0 Å². The lowest BCUT2D eigenvalue weighted by Gasteiger charge is -2.35. The van der Waals surface area contributed by atoms with Crippen molar-refractivity contribution in [1.29, 1.82) is 0 Å². The molecule has 0 amide bonds. The number of hydrogen-bond acceptors (Lipinski definition) is 6. The zero-order chi connectivity index (χ0) is 22.1. The van der Waals surface area contributed by atoms with Crippen molar-refractivity contribution in [2.45, 2.75) is 13.5 Å². The molecule has 3 rings (SSSR count). The minimum atomic E-state index is 0.477. The van der Waals surface area contributed by atoms with E-state index in [4.69, 9.17) is 10.5 Å². The molecule has 0 aliphatic carbocycles. The molecule has 2 aliphatic heterocycles. The third-order valence-corrected chi connectivity index (χ3v) is 5.56. The molecular weight excluding hydrogens is 386 g/mol. The van der Waals surface area contributed by atoms with Crippen molar-refractivity contribution in [2.24, 2.45) is 10.7 Å². The number of amidine groups is 1. The van der Waals surface area contributed by atoms with E-state index >= 15 is 0 Å². The number of fused-ring (bicyclic) bond motifs is 2. The van der Waals surface area contributed by atoms with E-state index in [0.29, 0.717) is 19.0 Å². The number of nitrogens with two attached hydrogens (primary N) is 1. The van der Waals surface area contributed by atoms with Gasteiger partial charge in [-0.25, -0.2) is 4.99 Å². The molecule has 1 fully saturated rings. The van der Waals surface area contributed by atoms with Crippen LogP contribution in [-0.4, -0.2) is 69.1 Å². The molecule has 0 spiro atoms. The number of benzene rings is 1. The smallest absolute Gasteiger partial charge is 0.124 e. The van der Waals surface area contributed by atoms with Crippen molar-refractivity contribution in [3.63, 3.8) is 0 Å². The number of likely N-dealkylation sites (N-methyl/N-ethyl adjacent to an activating group) is 2. The van der Waals surface area contributed by atoms with Gasteiger partial charge in [-0.1, -0.05) is 30.4 Å². The lowest BCUT2D eigenvalue weighted by Crippen LogP contribution is -2.44. The summed E-state index contributed by atoms with van der Waals surface area (Å²) in [6.07, 6.45) is 14.1. The summed E-state index contributed by atoms with van der Waals surface area (Å²) in [5.74, 6) is 0.477. The Labute approximate surface area is 186 Å². The van der Waals surface area contributed by atoms with Crippen LogP contribution in [0.2, 0.25) is 0 Å². The van der Waals surface area contributed by atoms with Crippen LogP contribution >= 0.6 is 0 Å². The standard InChI is InChI=1S/C25H35N5O/c1-4-23-9-5-6-10-25(26)27-22-11-12-24(30-16-14-28(2)15-17-30)21(19-22)20-31-18-8-7-13-29(23)3/h4-12,19H,13-18,20H2,1-3H3,(H2,26,27)/b8-7-,9-5+,10-6+,23-4-. The average molecular weight is 422 g/mol. The largest absolute Gasteiger partial charge is 0.384 e. The molecule has 2 bridgehead atoms. The fourth-order valence-corrected chi connectivity index (χ4v) is 3.69. The highest BCUT2D eigenvalue weighted by molar-refractivity contribution is 5.93. The first-order chi connectivity index (χ1) is 15.1. The van der Waals surface area contributed by atoms with E-state index < -0.39 is 0 Å². The second-order valence-electron chi connectivity index (χ2n) is 7.94. The molecule has 0 aromatic heterocycles. The number of allylic oxidation sites excluding steroid dienone is 4. The lowest BCUT2D eigenvalue weighted by molar-refractivity contribution is 0.148. The van der Waals surface area contributed by atoms with Gasteiger partial charge in [-0.15, -0.1) is 0 Å². The zero-order valence-corrected chi connectivity index (χ0v) is 19.0. The van der Waals surface area contributed by atoms with Crippen molar-refractivity contribution >= 4 is 17.2 Å². The van der Waals surface area contributed by atoms with Gasteiger partial charge in [-0.3, -0.25) is 0 Å². The number of nitrogens with zero attached hydrogens (tertiary/aromatic N) is 4. The number of hydrogen-bond donors (Lipinski definition) is 1. The summed E-state index contributed by atoms with van der Waals surface area (Å²) in [5, 5.41) is 0. The summed E-state index contributed by atoms with van der Waals surface area (Å²) >= 11 is 0. The van der Waals surface area contributed by atoms with Crippen molar-refractivity contribution < 1.29 is 4.74 Å². The molecule has 2 N–H and O–H groups in total. The van der Waals surface area contributed by atoms with Gasteiger partial charge in [0.15, 0.2) is 0 Å². The molecule has 0 radical (unpaired) electrons. The van der Waals surface area contributed by atoms with Crippen LogP contribution in [0.25, 0.3) is 0 Å². The summed E-state index contributed by atoms with van der Waals surface area (Å²) < 4.78 is 6.00. The Morgan fingerprint density at radius 2 is 1.81 bits per heavy atom. The zero-order valence-electron chi connectivity index (χ0n) is 19.0. The third-order valence-electron chi connectivity index (χ3n) is 5.56. The molecule has 2 aliphatic rings. The summed E-state index contributed by atoms with van der Waals surface area (Å²) in [6, 6.07) is 6.28. The van der Waals surface area contributed by atoms with Crippen LogP contribution in [-0.2, 0) is 11.3 Å². The van der Waals surface area contributed by atoms with Crippen molar-refractivity contribution in [1.82, 2.24) is 9.80 Å². The summed E-state index contributed by atoms with van der Waals surface area (Å²) in [6.45, 7) is 8.15. The second kappa shape index (κ2) is 11.5. The molecule has 31 heavy (non-hydrogen) atoms. The molecule has 2 heterocycles. The quantitative estimate of drug-likeness (QED) is 0.704. The van der Waals surface area contributed by atoms with Gasteiger partial charge < -0.3 is 25.2 Å². The molecule has 6 nitrogen and oxygen atoms in total. The van der Waals surface area contributed by atoms with Gasteiger partial charge in [0.05, 0.1) is 18.9 Å². The minimum absolute atomic E-state index is 0.477. The van der Waals surface area contributed by atoms with E-state index in [2.05, 4.69) is 70.2 Å². The molecule has 0 saturated carbocycles. The van der Waals surface area contributed by atoms with Crippen molar-refractivity contribution in [2.75, 3.05) is 58.3 Å². The Kier molecular flexibility index (Phi) is 8.50. The van der Waals surface area contributed by atoms with Crippen LogP contribution in [0.4, 0.5) is 11.4 Å². The van der Waals surface area contributed by atoms with E-state index in [1.54, 1.807) is 0 Å². The van der Waals surface area contributed by atoms with Gasteiger partial charge in [0.1, 0.15) is 5.84 Å². The van der Waals surface area contributed by atoms with Gasteiger partial charge in [0, 0.05) is 56.7 Å². The van der Waals surface area contributed by atoms with E-state index in [1.165, 1.54) is 5.69 Å². The second-order valence-corrected chi connectivity index (χ2v) is 7.94. The highest BCUT2D eigenvalue weighted by atomic mass is 16.5. The summed E-state index contributed by atoms with van der Waals surface area (Å²) in [4.78, 5) is 11.6. The fraction of sp³-hybridized carbons (Fsp3) is 0.400. The van der Waals surface area contributed by atoms with Crippen LogP contribution in [0.5, 0.6) is 0 Å². The highest BCUT2D eigenvalue weighted by Gasteiger charge is 2.17. The Balaban J connectivity index is 1.86. The normalized spacial score (nSPS) is 23.8. The van der Waals surface area contributed by atoms with Crippen molar-refractivity contribution in [3.8, 4) is 0 Å². The highest BCUT2D eigenvalue weighted by Crippen LogP contribution is 2.27. The topological polar surface area (TPSA) is 57.3 Å². The number of rotatable bonds is 1. The van der Waals surface area contributed by atoms with E-state index in [1.807, 2.05) is 31.2 Å². The SMILES string of the molecule is C/C=C1/C=C/C=C/C(N)=Nc2ccc(N3CCN(C)CC3)c(c2)COC/C=C\CN1C. The Bertz CT molecular complexity index is 876. The molecule has 1 aromatic rings. The van der Waals surface area contributed by atoms with Crippen molar-refractivity contribution in [3.05, 3.63) is 72.0 Å². The number of ether oxygens (including phenoxy) is 1. The predicted octanol–water partition coefficient (Wildman–Crippen LogP) is 3.46. The first-order valence-electron chi connectivity index (χ1n) is 10.9. The van der Waals surface area contributed by atoms with Crippen LogP contribution in [0, 0.1) is 0 Å². The Morgan fingerprint density at radius 1 is 1.03 bits per heavy atom. The molecule has 0 unspecified atom stereocenters. The van der Waals surface area contributed by atoms with Crippen LogP contribution < -0.4 is 10.6 Å². The maximum Gasteiger partial charge on any atom is 0.124 e. The molecule has 166 valence electrons. The Morgan fingerprint density at radius 3 is 2.58 bits per heavy atom. The predicted molar refractivity (Wildman–Crippen MR) is 131 cm³/mol. The van der Waals surface area contributed by atoms with E-state index in [-0.39, 0.29) is 0 Å². The maximum absolute atomic E-state index is 6.14. The first kappa shape index (κ1) is 22.8. The first-order valence-corrected chi connectivity index (χ1v) is 10.9. The lowest BCUT2D eigenvalue weighted by atomic mass is 10.1. The van der Waals surface area contributed by atoms with Crippen LogP contribution in [0.15, 0.2) is 71.4 Å². The molecular formula is C25H35N5O. The summed E-state index contributed by atoms with van der Waals surface area (Å²) in [7, 11) is 4.25. The molecule has 0 atom stereocenters. The third kappa shape index (κ3) is 6.84. The summed E-state index contributed by atoms with van der Waals surface area (Å²) in [5.41, 5.74) is 10.5. The average Bonchev–Trinajstić information content (AvgIpc) is 2.76. The van der Waals surface area contributed by atoms with Gasteiger partial charge in [-0.2, -0.15) is 0 Å². The van der Waals surface area contributed by atoms with Gasteiger partial charge in [0.25, 0.3) is 0 Å². The Hall–Kier alpha value is -2.83. The van der Waals surface area contributed by atoms with E-state index in [9.17, 15) is 0 Å². The van der Waals surface area contributed by atoms with Crippen LogP contribution in [0.1, 0.15) is 12.5 Å². The van der Waals surface area contributed by atoms with Gasteiger partial charge >= 0.3 is 0 Å². The number of anilines is 1. The number of aliphatic imine (C=N–C) groups is 1. The molecule has 6 heteroatoms. The van der Waals surface area contributed by atoms with Crippen LogP contribution in [0.3, 0.4) is 0 Å². The van der Waals surface area contributed by atoms with E-state index in [0.717, 1.165) is 49.7 Å². The molecule has 1 aromatic carbocycles. The fourth-order valence-electron chi connectivity index (χ4n) is 3.69.